The van der Waals surface area contributed by atoms with E-state index in [0.29, 0.717) is 12.8 Å². The molecule has 2 aliphatic heterocycles. The Hall–Kier alpha value is -6.14. The average Bonchev–Trinajstić information content (AvgIpc) is 3.97. The van der Waals surface area contributed by atoms with Crippen molar-refractivity contribution in [3.05, 3.63) is 83.9 Å². The minimum atomic E-state index is -0.981. The van der Waals surface area contributed by atoms with E-state index in [1.807, 2.05) is 102 Å². The van der Waals surface area contributed by atoms with Crippen LogP contribution in [0.1, 0.15) is 104 Å². The Labute approximate surface area is 401 Å². The van der Waals surface area contributed by atoms with Crippen LogP contribution in [0.4, 0.5) is 0 Å². The molecule has 0 saturated carbocycles. The number of benzene rings is 2. The van der Waals surface area contributed by atoms with Crippen LogP contribution in [0.15, 0.2) is 72.8 Å². The van der Waals surface area contributed by atoms with Crippen molar-refractivity contribution < 1.29 is 38.4 Å². The molecule has 372 valence electrons. The molecule has 2 aliphatic rings. The summed E-state index contributed by atoms with van der Waals surface area (Å²) in [5.74, 6) is -4.34. The summed E-state index contributed by atoms with van der Waals surface area (Å²) in [6.45, 7) is 14.5. The second kappa shape index (κ2) is 25.8. The van der Waals surface area contributed by atoms with Gasteiger partial charge in [-0.25, -0.2) is 0 Å². The van der Waals surface area contributed by atoms with E-state index in [4.69, 9.17) is 0 Å². The zero-order valence-corrected chi connectivity index (χ0v) is 41.3. The summed E-state index contributed by atoms with van der Waals surface area (Å²) < 4.78 is 0. The molecule has 0 aromatic heterocycles. The first-order valence-electron chi connectivity index (χ1n) is 23.9. The molecular weight excluding hydrogens is 869 g/mol. The van der Waals surface area contributed by atoms with Gasteiger partial charge in [-0.1, -0.05) is 101 Å². The van der Waals surface area contributed by atoms with Gasteiger partial charge in [0.05, 0.1) is 24.2 Å². The average molecular weight is 943 g/mol. The highest BCUT2D eigenvalue weighted by atomic mass is 16.2. The predicted octanol–water partition coefficient (Wildman–Crippen LogP) is 1.75. The van der Waals surface area contributed by atoms with Crippen LogP contribution in [0.2, 0.25) is 0 Å². The van der Waals surface area contributed by atoms with Gasteiger partial charge in [0.1, 0.15) is 24.2 Å². The van der Waals surface area contributed by atoms with E-state index in [1.165, 1.54) is 9.80 Å². The lowest BCUT2D eigenvalue weighted by molar-refractivity contribution is -0.143. The van der Waals surface area contributed by atoms with Crippen molar-refractivity contribution in [1.29, 1.82) is 0 Å². The number of likely N-dealkylation sites (N-methyl/N-ethyl adjacent to an activating group) is 2. The quantitative estimate of drug-likeness (QED) is 0.0797. The Morgan fingerprint density at radius 1 is 0.544 bits per heavy atom. The van der Waals surface area contributed by atoms with Gasteiger partial charge in [0.25, 0.3) is 0 Å². The first kappa shape index (κ1) is 54.5. The summed E-state index contributed by atoms with van der Waals surface area (Å²) in [6.07, 6.45) is 3.38. The third-order valence-corrected chi connectivity index (χ3v) is 13.4. The molecule has 2 aromatic carbocycles. The molecule has 2 heterocycles. The maximum absolute atomic E-state index is 14.4. The molecule has 2 fully saturated rings. The number of nitrogens with one attached hydrogen (secondary N) is 8. The van der Waals surface area contributed by atoms with Gasteiger partial charge in [0, 0.05) is 37.3 Å². The SMILES string of the molecule is CC[C@H](C)[C@H](NC(=O)[C@H](C)NC)C(=O)N1C[C@@H](NC(=O)C=CC(=O)N[C@H]2C[C@@H](C(=O)N[C@H](C)c3ccccc3)N(C(=O)[C@@H](NC(=O)[C@H](C)NC)[C@@H](C)CC)C2)C[C@H]1C(=O)N[C@H](C)c1ccccc1. The zero-order valence-electron chi connectivity index (χ0n) is 41.3. The van der Waals surface area contributed by atoms with Crippen LogP contribution in [0.25, 0.3) is 0 Å². The van der Waals surface area contributed by atoms with Gasteiger partial charge in [-0.2, -0.15) is 0 Å². The lowest BCUT2D eigenvalue weighted by Gasteiger charge is -2.32. The Kier molecular flexibility index (Phi) is 20.7. The Bertz CT molecular complexity index is 1940. The molecule has 0 aliphatic carbocycles. The molecule has 0 unspecified atom stereocenters. The van der Waals surface area contributed by atoms with E-state index in [1.54, 1.807) is 27.9 Å². The van der Waals surface area contributed by atoms with E-state index in [9.17, 15) is 38.4 Å². The summed E-state index contributed by atoms with van der Waals surface area (Å²) in [7, 11) is 3.28. The minimum Gasteiger partial charge on any atom is -0.348 e. The fraction of sp³-hybridized carbons (Fsp3) is 0.560. The second-order valence-electron chi connectivity index (χ2n) is 18.3. The highest BCUT2D eigenvalue weighted by Crippen LogP contribution is 2.26. The van der Waals surface area contributed by atoms with Crippen LogP contribution in [-0.2, 0) is 38.4 Å². The number of nitrogens with zero attached hydrogens (tertiary/aromatic N) is 2. The molecule has 68 heavy (non-hydrogen) atoms. The first-order valence-corrected chi connectivity index (χ1v) is 23.9. The molecule has 8 amide bonds. The van der Waals surface area contributed by atoms with E-state index in [2.05, 4.69) is 42.5 Å². The third kappa shape index (κ3) is 14.7. The molecule has 12 atom stereocenters. The maximum atomic E-state index is 14.4. The topological polar surface area (TPSA) is 239 Å². The van der Waals surface area contributed by atoms with Crippen LogP contribution in [0.3, 0.4) is 0 Å². The highest BCUT2D eigenvalue weighted by molar-refractivity contribution is 5.98. The van der Waals surface area contributed by atoms with Crippen molar-refractivity contribution in [3.8, 4) is 0 Å². The van der Waals surface area contributed by atoms with Crippen LogP contribution in [0, 0.1) is 11.8 Å². The molecular formula is C50H74N10O8. The summed E-state index contributed by atoms with van der Waals surface area (Å²) in [6, 6.07) is 11.6. The van der Waals surface area contributed by atoms with Gasteiger partial charge in [0.15, 0.2) is 0 Å². The minimum absolute atomic E-state index is 0.0307. The van der Waals surface area contributed by atoms with Gasteiger partial charge in [0.2, 0.25) is 47.3 Å². The molecule has 2 saturated heterocycles. The van der Waals surface area contributed by atoms with Crippen LogP contribution < -0.4 is 42.5 Å². The van der Waals surface area contributed by atoms with E-state index >= 15 is 0 Å². The lowest BCUT2D eigenvalue weighted by Crippen LogP contribution is -2.57. The van der Waals surface area contributed by atoms with Crippen molar-refractivity contribution in [1.82, 2.24) is 52.3 Å². The highest BCUT2D eigenvalue weighted by Gasteiger charge is 2.45. The molecule has 2 aromatic rings. The zero-order chi connectivity index (χ0) is 50.2. The molecule has 18 heteroatoms. The van der Waals surface area contributed by atoms with Gasteiger partial charge < -0.3 is 52.3 Å². The normalized spacial score (nSPS) is 21.6. The van der Waals surface area contributed by atoms with Gasteiger partial charge in [-0.15, -0.1) is 0 Å². The molecule has 0 spiro atoms. The van der Waals surface area contributed by atoms with Crippen LogP contribution in [0.5, 0.6) is 0 Å². The van der Waals surface area contributed by atoms with Crippen LogP contribution in [-0.4, -0.2) is 133 Å². The monoisotopic (exact) mass is 943 g/mol. The van der Waals surface area contributed by atoms with Crippen molar-refractivity contribution in [2.45, 2.75) is 141 Å². The lowest BCUT2D eigenvalue weighted by atomic mass is 9.97. The van der Waals surface area contributed by atoms with E-state index < -0.39 is 83.8 Å². The number of hydrogen-bond donors (Lipinski definition) is 8. The fourth-order valence-electron chi connectivity index (χ4n) is 8.33. The molecule has 18 nitrogen and oxygen atoms in total. The number of carbonyl (C=O) groups excluding carboxylic acids is 8. The summed E-state index contributed by atoms with van der Waals surface area (Å²) >= 11 is 0. The first-order chi connectivity index (χ1) is 32.3. The fourth-order valence-corrected chi connectivity index (χ4v) is 8.33. The van der Waals surface area contributed by atoms with E-state index in [0.717, 1.165) is 23.3 Å². The third-order valence-electron chi connectivity index (χ3n) is 13.4. The number of likely N-dealkylation sites (tertiary alicyclic amines) is 2. The van der Waals surface area contributed by atoms with Crippen molar-refractivity contribution >= 4 is 47.3 Å². The second-order valence-corrected chi connectivity index (χ2v) is 18.3. The van der Waals surface area contributed by atoms with Gasteiger partial charge in [-0.3, -0.25) is 38.4 Å². The molecule has 0 bridgehead atoms. The van der Waals surface area contributed by atoms with Gasteiger partial charge in [-0.05, 0) is 77.6 Å². The van der Waals surface area contributed by atoms with E-state index in [-0.39, 0.29) is 61.7 Å². The summed E-state index contributed by atoms with van der Waals surface area (Å²) in [5, 5.41) is 23.2. The Morgan fingerprint density at radius 2 is 0.882 bits per heavy atom. The smallest absolute Gasteiger partial charge is 0.246 e. The van der Waals surface area contributed by atoms with Crippen molar-refractivity contribution in [3.63, 3.8) is 0 Å². The number of carbonyl (C=O) groups is 8. The summed E-state index contributed by atoms with van der Waals surface area (Å²) in [5.41, 5.74) is 1.73. The molecule has 4 rings (SSSR count). The molecule has 0 radical (unpaired) electrons. The summed E-state index contributed by atoms with van der Waals surface area (Å²) in [4.78, 5) is 112. The van der Waals surface area contributed by atoms with Crippen LogP contribution >= 0.6 is 0 Å². The Morgan fingerprint density at radius 3 is 1.19 bits per heavy atom. The predicted molar refractivity (Wildman–Crippen MR) is 259 cm³/mol. The molecule has 8 N–H and O–H groups in total. The number of amides is 8. The Balaban J connectivity index is 1.50. The maximum Gasteiger partial charge on any atom is 0.246 e. The standard InChI is InChI=1S/C50H74N10O8/c1-11-29(3)43(57-45(63)33(7)51-9)49(67)59-27-37(25-39(59)47(65)53-31(5)35-19-15-13-16-20-35)55-41(61)23-24-42(62)56-38-26-40(48(66)54-32(6)36-21-17-14-18-22-36)60(28-38)50(68)44(30(4)12-2)58-46(64)34(8)52-10/h13-24,29-34,37-40,43-44,51-52H,11-12,25-28H2,1-10H3,(H,53,65)(H,54,66)(H,55,61)(H,56,62)(H,57,63)(H,58,64)/t29-,30-,31+,32+,33-,34-,37-,38-,39-,40-,43-,44-/m0/s1. The van der Waals surface area contributed by atoms with Gasteiger partial charge >= 0.3 is 0 Å². The van der Waals surface area contributed by atoms with Crippen molar-refractivity contribution in [2.75, 3.05) is 27.2 Å². The largest absolute Gasteiger partial charge is 0.348 e. The number of rotatable bonds is 22. The number of hydrogen-bond acceptors (Lipinski definition) is 10. The van der Waals surface area contributed by atoms with Crippen molar-refractivity contribution in [2.24, 2.45) is 11.8 Å².